The molecule has 3 saturated carbocycles. The molecule has 0 spiro atoms. The van der Waals surface area contributed by atoms with Crippen LogP contribution in [0.2, 0.25) is 0 Å². The molecular formula is C18H26O. The molecular weight excluding hydrogens is 232 g/mol. The van der Waals surface area contributed by atoms with Crippen molar-refractivity contribution in [2.24, 2.45) is 29.1 Å². The van der Waals surface area contributed by atoms with Crippen LogP contribution in [0.1, 0.15) is 64.7 Å². The minimum absolute atomic E-state index is 0.395. The molecule has 5 atom stereocenters. The predicted molar refractivity (Wildman–Crippen MR) is 76.7 cm³/mol. The number of allylic oxidation sites excluding steroid dienone is 1. The molecule has 0 unspecified atom stereocenters. The van der Waals surface area contributed by atoms with Crippen molar-refractivity contribution >= 4 is 5.78 Å². The maximum atomic E-state index is 11.6. The summed E-state index contributed by atoms with van der Waals surface area (Å²) in [6.45, 7) is 2.57. The molecule has 1 nitrogen and oxygen atoms in total. The van der Waals surface area contributed by atoms with Gasteiger partial charge in [-0.2, -0.15) is 0 Å². The zero-order valence-electron chi connectivity index (χ0n) is 12.2. The van der Waals surface area contributed by atoms with Crippen LogP contribution in [0, 0.1) is 29.1 Å². The van der Waals surface area contributed by atoms with Crippen LogP contribution < -0.4 is 0 Å². The van der Waals surface area contributed by atoms with E-state index in [0.29, 0.717) is 11.2 Å². The van der Waals surface area contributed by atoms with Crippen LogP contribution in [0.15, 0.2) is 11.6 Å². The molecule has 0 aromatic heterocycles. The predicted octanol–water partition coefficient (Wildman–Crippen LogP) is 4.52. The molecule has 0 bridgehead atoms. The van der Waals surface area contributed by atoms with Crippen molar-refractivity contribution in [2.45, 2.75) is 64.7 Å². The minimum atomic E-state index is 0.395. The summed E-state index contributed by atoms with van der Waals surface area (Å²) in [7, 11) is 0. The van der Waals surface area contributed by atoms with E-state index in [9.17, 15) is 4.79 Å². The first-order valence-electron chi connectivity index (χ1n) is 8.41. The number of fused-ring (bicyclic) bond motifs is 5. The minimum Gasteiger partial charge on any atom is -0.295 e. The average Bonchev–Trinajstić information content (AvgIpc) is 2.79. The van der Waals surface area contributed by atoms with Gasteiger partial charge in [-0.3, -0.25) is 4.79 Å². The summed E-state index contributed by atoms with van der Waals surface area (Å²) in [5, 5.41) is 0. The van der Waals surface area contributed by atoms with Crippen molar-refractivity contribution in [3.05, 3.63) is 11.6 Å². The molecule has 0 aromatic rings. The van der Waals surface area contributed by atoms with Crippen molar-refractivity contribution in [2.75, 3.05) is 0 Å². The first-order chi connectivity index (χ1) is 9.17. The zero-order valence-corrected chi connectivity index (χ0v) is 12.2. The van der Waals surface area contributed by atoms with E-state index in [1.165, 1.54) is 50.5 Å². The second-order valence-electron chi connectivity index (χ2n) is 7.89. The molecule has 0 amide bonds. The Morgan fingerprint density at radius 3 is 2.84 bits per heavy atom. The highest BCUT2D eigenvalue weighted by Crippen LogP contribution is 2.61. The molecule has 19 heavy (non-hydrogen) atoms. The third kappa shape index (κ3) is 1.76. The van der Waals surface area contributed by atoms with Crippen LogP contribution in [-0.2, 0) is 4.79 Å². The van der Waals surface area contributed by atoms with Crippen molar-refractivity contribution in [3.63, 3.8) is 0 Å². The maximum absolute atomic E-state index is 11.6. The van der Waals surface area contributed by atoms with Crippen LogP contribution in [0.5, 0.6) is 0 Å². The highest BCUT2D eigenvalue weighted by atomic mass is 16.1. The van der Waals surface area contributed by atoms with Crippen LogP contribution in [-0.4, -0.2) is 5.78 Å². The van der Waals surface area contributed by atoms with E-state index in [1.54, 1.807) is 0 Å². The fraction of sp³-hybridized carbons (Fsp3) is 0.833. The zero-order chi connectivity index (χ0) is 13.0. The number of carbonyl (C=O) groups excluding carboxylic acids is 1. The Balaban J connectivity index is 1.63. The lowest BCUT2D eigenvalue weighted by Crippen LogP contribution is -2.44. The van der Waals surface area contributed by atoms with E-state index in [1.807, 2.05) is 6.08 Å². The standard InChI is InChI=1S/C18H26O/c1-18-9-2-3-17(18)16-6-4-12-11-13(19)5-7-14(12)15(16)8-10-18/h11,14-17H,2-10H2,1H3/t14-,15-,16-,17-,18-/m1/s1. The molecule has 0 heterocycles. The Labute approximate surface area is 116 Å². The number of ketones is 1. The molecule has 4 rings (SSSR count). The van der Waals surface area contributed by atoms with Crippen LogP contribution >= 0.6 is 0 Å². The van der Waals surface area contributed by atoms with E-state index >= 15 is 0 Å². The lowest BCUT2D eigenvalue weighted by Gasteiger charge is -2.52. The Morgan fingerprint density at radius 2 is 1.95 bits per heavy atom. The van der Waals surface area contributed by atoms with Crippen LogP contribution in [0.3, 0.4) is 0 Å². The van der Waals surface area contributed by atoms with Crippen LogP contribution in [0.25, 0.3) is 0 Å². The fourth-order valence-electron chi connectivity index (χ4n) is 6.17. The first-order valence-corrected chi connectivity index (χ1v) is 8.41. The highest BCUT2D eigenvalue weighted by Gasteiger charge is 2.52. The second-order valence-corrected chi connectivity index (χ2v) is 7.89. The topological polar surface area (TPSA) is 17.1 Å². The van der Waals surface area contributed by atoms with Gasteiger partial charge in [-0.05, 0) is 80.1 Å². The third-order valence-electron chi connectivity index (χ3n) is 7.08. The Hall–Kier alpha value is -0.590. The molecule has 0 saturated heterocycles. The van der Waals surface area contributed by atoms with E-state index in [4.69, 9.17) is 0 Å². The lowest BCUT2D eigenvalue weighted by atomic mass is 9.52. The largest absolute Gasteiger partial charge is 0.295 e. The molecule has 4 aliphatic rings. The van der Waals surface area contributed by atoms with Crippen LogP contribution in [0.4, 0.5) is 0 Å². The van der Waals surface area contributed by atoms with Gasteiger partial charge in [0, 0.05) is 6.42 Å². The van der Waals surface area contributed by atoms with Gasteiger partial charge in [0.15, 0.2) is 5.78 Å². The van der Waals surface area contributed by atoms with Gasteiger partial charge in [0.05, 0.1) is 0 Å². The molecule has 0 N–H and O–H groups in total. The summed E-state index contributed by atoms with van der Waals surface area (Å²) in [5.41, 5.74) is 2.20. The quantitative estimate of drug-likeness (QED) is 0.624. The summed E-state index contributed by atoms with van der Waals surface area (Å²) < 4.78 is 0. The SMILES string of the molecule is C[C@]12CCC[C@@H]1[C@@H]1CCC3=CC(=O)CC[C@H]3[C@H]1CC2. The average molecular weight is 258 g/mol. The van der Waals surface area contributed by atoms with Crippen molar-refractivity contribution < 1.29 is 4.79 Å². The molecule has 1 heteroatoms. The Kier molecular flexibility index (Phi) is 2.69. The van der Waals surface area contributed by atoms with Crippen molar-refractivity contribution in [1.82, 2.24) is 0 Å². The monoisotopic (exact) mass is 258 g/mol. The van der Waals surface area contributed by atoms with Gasteiger partial charge >= 0.3 is 0 Å². The highest BCUT2D eigenvalue weighted by molar-refractivity contribution is 5.91. The summed E-state index contributed by atoms with van der Waals surface area (Å²) >= 11 is 0. The van der Waals surface area contributed by atoms with E-state index < -0.39 is 0 Å². The number of hydrogen-bond donors (Lipinski definition) is 0. The fourth-order valence-corrected chi connectivity index (χ4v) is 6.17. The first kappa shape index (κ1) is 12.2. The molecule has 0 aliphatic heterocycles. The molecule has 104 valence electrons. The second kappa shape index (κ2) is 4.20. The maximum Gasteiger partial charge on any atom is 0.155 e. The van der Waals surface area contributed by atoms with Crippen molar-refractivity contribution in [3.8, 4) is 0 Å². The summed E-state index contributed by atoms with van der Waals surface area (Å²) in [4.78, 5) is 11.6. The van der Waals surface area contributed by atoms with Gasteiger partial charge in [0.25, 0.3) is 0 Å². The van der Waals surface area contributed by atoms with Gasteiger partial charge in [0.1, 0.15) is 0 Å². The summed E-state index contributed by atoms with van der Waals surface area (Å²) in [6, 6.07) is 0. The van der Waals surface area contributed by atoms with Gasteiger partial charge in [-0.1, -0.05) is 18.9 Å². The third-order valence-corrected chi connectivity index (χ3v) is 7.08. The van der Waals surface area contributed by atoms with Gasteiger partial charge in [-0.25, -0.2) is 0 Å². The number of hydrogen-bond acceptors (Lipinski definition) is 1. The summed E-state index contributed by atoms with van der Waals surface area (Å²) in [6.07, 6.45) is 13.9. The van der Waals surface area contributed by atoms with E-state index in [2.05, 4.69) is 6.92 Å². The van der Waals surface area contributed by atoms with Crippen molar-refractivity contribution in [1.29, 1.82) is 0 Å². The van der Waals surface area contributed by atoms with E-state index in [-0.39, 0.29) is 0 Å². The molecule has 3 fully saturated rings. The Morgan fingerprint density at radius 1 is 1.05 bits per heavy atom. The van der Waals surface area contributed by atoms with Gasteiger partial charge < -0.3 is 0 Å². The number of carbonyl (C=O) groups is 1. The molecule has 0 aromatic carbocycles. The van der Waals surface area contributed by atoms with Gasteiger partial charge in [-0.15, -0.1) is 0 Å². The van der Waals surface area contributed by atoms with Gasteiger partial charge in [0.2, 0.25) is 0 Å². The van der Waals surface area contributed by atoms with E-state index in [0.717, 1.165) is 36.5 Å². The lowest BCUT2D eigenvalue weighted by molar-refractivity contribution is -0.116. The number of rotatable bonds is 0. The smallest absolute Gasteiger partial charge is 0.155 e. The Bertz CT molecular complexity index is 435. The molecule has 4 aliphatic carbocycles. The summed E-state index contributed by atoms with van der Waals surface area (Å²) in [5.74, 6) is 4.08. The normalized spacial score (nSPS) is 49.1. The molecule has 0 radical (unpaired) electrons.